The van der Waals surface area contributed by atoms with E-state index in [4.69, 9.17) is 5.73 Å². The Bertz CT molecular complexity index is 190. The summed E-state index contributed by atoms with van der Waals surface area (Å²) in [7, 11) is 0. The van der Waals surface area contributed by atoms with Gasteiger partial charge in [-0.3, -0.25) is 5.43 Å². The Hall–Kier alpha value is -0.640. The Labute approximate surface area is 78.4 Å². The highest BCUT2D eigenvalue weighted by molar-refractivity contribution is 7.80. The largest absolute Gasteiger partial charge is 0.375 e. The molecule has 0 bridgehead atoms. The molecular formula is C8H15N3S. The lowest BCUT2D eigenvalue weighted by molar-refractivity contribution is 0.482. The Kier molecular flexibility index (Phi) is 3.47. The van der Waals surface area contributed by atoms with Crippen molar-refractivity contribution in [2.24, 2.45) is 16.8 Å². The first kappa shape index (κ1) is 9.45. The maximum atomic E-state index is 5.25. The molecule has 0 aromatic rings. The molecule has 0 saturated heterocycles. The first-order chi connectivity index (χ1) is 5.68. The van der Waals surface area contributed by atoms with Gasteiger partial charge in [0.05, 0.1) is 0 Å². The molecule has 3 N–H and O–H groups in total. The van der Waals surface area contributed by atoms with E-state index in [1.807, 2.05) is 0 Å². The van der Waals surface area contributed by atoms with Gasteiger partial charge in [0.2, 0.25) is 0 Å². The summed E-state index contributed by atoms with van der Waals surface area (Å²) in [5.41, 5.74) is 9.07. The number of hydrazone groups is 1. The predicted molar refractivity (Wildman–Crippen MR) is 55.0 cm³/mol. The van der Waals surface area contributed by atoms with Crippen molar-refractivity contribution in [1.82, 2.24) is 5.43 Å². The quantitative estimate of drug-likeness (QED) is 0.479. The van der Waals surface area contributed by atoms with Gasteiger partial charge in [0.1, 0.15) is 0 Å². The number of nitrogens with zero attached hydrogens (tertiary/aromatic N) is 1. The average molecular weight is 185 g/mol. The van der Waals surface area contributed by atoms with E-state index in [0.29, 0.717) is 0 Å². The third-order valence-corrected chi connectivity index (χ3v) is 2.27. The molecule has 1 aliphatic rings. The van der Waals surface area contributed by atoms with Gasteiger partial charge in [-0.25, -0.2) is 0 Å². The smallest absolute Gasteiger partial charge is 0.184 e. The van der Waals surface area contributed by atoms with Crippen LogP contribution in [0.5, 0.6) is 0 Å². The zero-order valence-corrected chi connectivity index (χ0v) is 8.16. The van der Waals surface area contributed by atoms with E-state index in [2.05, 4.69) is 29.7 Å². The van der Waals surface area contributed by atoms with Crippen LogP contribution in [-0.2, 0) is 0 Å². The summed E-state index contributed by atoms with van der Waals surface area (Å²) < 4.78 is 0. The van der Waals surface area contributed by atoms with Gasteiger partial charge in [0.15, 0.2) is 5.11 Å². The minimum absolute atomic E-state index is 0.251. The molecule has 4 heteroatoms. The van der Waals surface area contributed by atoms with Gasteiger partial charge in [-0.2, -0.15) is 5.10 Å². The van der Waals surface area contributed by atoms with Crippen LogP contribution in [-0.4, -0.2) is 10.8 Å². The Balaban J connectivity index is 2.33. The van der Waals surface area contributed by atoms with Crippen LogP contribution < -0.4 is 11.2 Å². The SMILES string of the molecule is CC1CCC(=NNC(N)=S)CC1. The maximum absolute atomic E-state index is 5.25. The Morgan fingerprint density at radius 2 is 2.17 bits per heavy atom. The molecule has 0 aromatic heterocycles. The van der Waals surface area contributed by atoms with Crippen LogP contribution in [0.4, 0.5) is 0 Å². The molecule has 12 heavy (non-hydrogen) atoms. The van der Waals surface area contributed by atoms with E-state index in [0.717, 1.165) is 18.8 Å². The summed E-state index contributed by atoms with van der Waals surface area (Å²) in [5, 5.41) is 4.37. The maximum Gasteiger partial charge on any atom is 0.184 e. The summed E-state index contributed by atoms with van der Waals surface area (Å²) in [5.74, 6) is 0.841. The number of hydrogen-bond acceptors (Lipinski definition) is 2. The van der Waals surface area contributed by atoms with Crippen molar-refractivity contribution < 1.29 is 0 Å². The molecule has 0 unspecified atom stereocenters. The van der Waals surface area contributed by atoms with Gasteiger partial charge >= 0.3 is 0 Å². The third-order valence-electron chi connectivity index (χ3n) is 2.18. The Morgan fingerprint density at radius 3 is 2.67 bits per heavy atom. The molecule has 0 aromatic carbocycles. The normalized spacial score (nSPS) is 23.4. The van der Waals surface area contributed by atoms with Crippen LogP contribution in [0.2, 0.25) is 0 Å². The third kappa shape index (κ3) is 3.17. The number of thiocarbonyl (C=S) groups is 1. The highest BCUT2D eigenvalue weighted by Gasteiger charge is 2.12. The summed E-state index contributed by atoms with van der Waals surface area (Å²) in [6.07, 6.45) is 4.63. The van der Waals surface area contributed by atoms with Crippen molar-refractivity contribution in [2.45, 2.75) is 32.6 Å². The highest BCUT2D eigenvalue weighted by Crippen LogP contribution is 2.20. The predicted octanol–water partition coefficient (Wildman–Crippen LogP) is 1.39. The van der Waals surface area contributed by atoms with E-state index in [-0.39, 0.29) is 5.11 Å². The molecule has 0 aliphatic heterocycles. The van der Waals surface area contributed by atoms with Crippen LogP contribution in [0.3, 0.4) is 0 Å². The zero-order valence-electron chi connectivity index (χ0n) is 7.34. The summed E-state index contributed by atoms with van der Waals surface area (Å²) in [6, 6.07) is 0. The highest BCUT2D eigenvalue weighted by atomic mass is 32.1. The molecular weight excluding hydrogens is 170 g/mol. The molecule has 0 amide bonds. The second-order valence-electron chi connectivity index (χ2n) is 3.34. The standard InChI is InChI=1S/C8H15N3S/c1-6-2-4-7(5-3-6)10-11-8(9)12/h6H,2-5H2,1H3,(H3,9,11,12). The van der Waals surface area contributed by atoms with Gasteiger partial charge in [-0.05, 0) is 43.8 Å². The van der Waals surface area contributed by atoms with Crippen molar-refractivity contribution in [1.29, 1.82) is 0 Å². The number of hydrogen-bond donors (Lipinski definition) is 2. The van der Waals surface area contributed by atoms with Crippen LogP contribution in [0, 0.1) is 5.92 Å². The minimum Gasteiger partial charge on any atom is -0.375 e. The molecule has 1 fully saturated rings. The Morgan fingerprint density at radius 1 is 1.58 bits per heavy atom. The van der Waals surface area contributed by atoms with Crippen molar-refractivity contribution >= 4 is 23.0 Å². The van der Waals surface area contributed by atoms with Crippen LogP contribution in [0.1, 0.15) is 32.6 Å². The van der Waals surface area contributed by atoms with E-state index >= 15 is 0 Å². The van der Waals surface area contributed by atoms with E-state index in [1.165, 1.54) is 18.6 Å². The first-order valence-electron chi connectivity index (χ1n) is 4.29. The molecule has 0 spiro atoms. The van der Waals surface area contributed by atoms with Crippen molar-refractivity contribution in [2.75, 3.05) is 0 Å². The van der Waals surface area contributed by atoms with Gasteiger partial charge in [0, 0.05) is 5.71 Å². The summed E-state index contributed by atoms with van der Waals surface area (Å²) >= 11 is 4.65. The molecule has 68 valence electrons. The molecule has 0 radical (unpaired) electrons. The molecule has 0 heterocycles. The molecule has 1 saturated carbocycles. The summed E-state index contributed by atoms with van der Waals surface area (Å²) in [6.45, 7) is 2.28. The monoisotopic (exact) mass is 185 g/mol. The lowest BCUT2D eigenvalue weighted by Gasteiger charge is -2.18. The van der Waals surface area contributed by atoms with Crippen molar-refractivity contribution in [3.05, 3.63) is 0 Å². The van der Waals surface area contributed by atoms with Crippen LogP contribution in [0.25, 0.3) is 0 Å². The van der Waals surface area contributed by atoms with E-state index in [1.54, 1.807) is 0 Å². The van der Waals surface area contributed by atoms with Crippen LogP contribution in [0.15, 0.2) is 5.10 Å². The van der Waals surface area contributed by atoms with Crippen molar-refractivity contribution in [3.63, 3.8) is 0 Å². The van der Waals surface area contributed by atoms with Gasteiger partial charge in [-0.15, -0.1) is 0 Å². The zero-order chi connectivity index (χ0) is 8.97. The fourth-order valence-corrected chi connectivity index (χ4v) is 1.39. The van der Waals surface area contributed by atoms with Crippen molar-refractivity contribution in [3.8, 4) is 0 Å². The molecule has 0 atom stereocenters. The number of rotatable bonds is 1. The molecule has 3 nitrogen and oxygen atoms in total. The fourth-order valence-electron chi connectivity index (χ4n) is 1.34. The second kappa shape index (κ2) is 4.40. The second-order valence-corrected chi connectivity index (χ2v) is 3.78. The fraction of sp³-hybridized carbons (Fsp3) is 0.750. The van der Waals surface area contributed by atoms with Gasteiger partial charge < -0.3 is 5.73 Å². The minimum atomic E-state index is 0.251. The topological polar surface area (TPSA) is 50.4 Å². The van der Waals surface area contributed by atoms with Crippen LogP contribution >= 0.6 is 12.2 Å². The van der Waals surface area contributed by atoms with E-state index < -0.39 is 0 Å². The lowest BCUT2D eigenvalue weighted by Crippen LogP contribution is -2.26. The number of nitrogens with one attached hydrogen (secondary N) is 1. The average Bonchev–Trinajstić information content (AvgIpc) is 2.03. The molecule has 1 rings (SSSR count). The van der Waals surface area contributed by atoms with E-state index in [9.17, 15) is 0 Å². The lowest BCUT2D eigenvalue weighted by atomic mass is 9.90. The van der Waals surface area contributed by atoms with Gasteiger partial charge in [0.25, 0.3) is 0 Å². The first-order valence-corrected chi connectivity index (χ1v) is 4.70. The van der Waals surface area contributed by atoms with Gasteiger partial charge in [-0.1, -0.05) is 6.92 Å². The molecule has 1 aliphatic carbocycles. The number of nitrogens with two attached hydrogens (primary N) is 1. The summed E-state index contributed by atoms with van der Waals surface area (Å²) in [4.78, 5) is 0.